The predicted octanol–water partition coefficient (Wildman–Crippen LogP) is 1.84. The van der Waals surface area contributed by atoms with Crippen LogP contribution in [0.4, 0.5) is 0 Å². The van der Waals surface area contributed by atoms with Gasteiger partial charge in [-0.15, -0.1) is 0 Å². The van der Waals surface area contributed by atoms with E-state index in [2.05, 4.69) is 24.1 Å². The molecule has 0 fully saturated rings. The lowest BCUT2D eigenvalue weighted by Crippen LogP contribution is -2.24. The van der Waals surface area contributed by atoms with Gasteiger partial charge in [0.25, 0.3) is 5.91 Å². The van der Waals surface area contributed by atoms with Crippen molar-refractivity contribution < 1.29 is 4.79 Å². The Bertz CT molecular complexity index is 469. The Labute approximate surface area is 109 Å². The van der Waals surface area contributed by atoms with Crippen molar-refractivity contribution >= 4 is 5.91 Å². The summed E-state index contributed by atoms with van der Waals surface area (Å²) in [4.78, 5) is 11.9. The highest BCUT2D eigenvalue weighted by Crippen LogP contribution is 2.09. The van der Waals surface area contributed by atoms with Crippen LogP contribution in [0.2, 0.25) is 0 Å². The van der Waals surface area contributed by atoms with Crippen LogP contribution in [0.5, 0.6) is 0 Å². The van der Waals surface area contributed by atoms with Gasteiger partial charge in [0.2, 0.25) is 0 Å². The minimum Gasteiger partial charge on any atom is -0.352 e. The van der Waals surface area contributed by atoms with Crippen LogP contribution in [0.15, 0.2) is 18.2 Å². The molecular weight excluding hydrogens is 224 g/mol. The van der Waals surface area contributed by atoms with Gasteiger partial charge in [-0.3, -0.25) is 4.79 Å². The maximum absolute atomic E-state index is 11.9. The van der Waals surface area contributed by atoms with Crippen LogP contribution in [0.25, 0.3) is 0 Å². The standard InChI is InChI=1S/C15H20N2O/c1-3-4-8-17-15(18)14-10-12(2)9-13(11-14)6-5-7-16/h9-11H,3-4,7-8,16H2,1-2H3,(H,17,18). The van der Waals surface area contributed by atoms with E-state index in [4.69, 9.17) is 5.73 Å². The molecule has 1 rings (SSSR count). The monoisotopic (exact) mass is 244 g/mol. The molecule has 0 heterocycles. The Morgan fingerprint density at radius 3 is 2.83 bits per heavy atom. The van der Waals surface area contributed by atoms with Crippen LogP contribution in [-0.4, -0.2) is 19.0 Å². The number of hydrogen-bond acceptors (Lipinski definition) is 2. The number of amides is 1. The molecule has 0 radical (unpaired) electrons. The third kappa shape index (κ3) is 4.60. The van der Waals surface area contributed by atoms with Crippen LogP contribution in [0.1, 0.15) is 41.3 Å². The minimum atomic E-state index is -0.0389. The van der Waals surface area contributed by atoms with Gasteiger partial charge >= 0.3 is 0 Å². The van der Waals surface area contributed by atoms with Crippen molar-refractivity contribution in [1.29, 1.82) is 0 Å². The van der Waals surface area contributed by atoms with Gasteiger partial charge in [0.05, 0.1) is 6.54 Å². The molecule has 0 atom stereocenters. The highest BCUT2D eigenvalue weighted by atomic mass is 16.1. The molecule has 3 nitrogen and oxygen atoms in total. The number of carbonyl (C=O) groups excluding carboxylic acids is 1. The molecule has 0 aromatic heterocycles. The molecule has 0 bridgehead atoms. The molecule has 96 valence electrons. The van der Waals surface area contributed by atoms with Gasteiger partial charge in [0.15, 0.2) is 0 Å². The SMILES string of the molecule is CCCCNC(=O)c1cc(C)cc(C#CCN)c1. The van der Waals surface area contributed by atoms with Crippen molar-refractivity contribution in [2.45, 2.75) is 26.7 Å². The number of nitrogens with two attached hydrogens (primary N) is 1. The molecule has 0 aliphatic rings. The van der Waals surface area contributed by atoms with Crippen LogP contribution < -0.4 is 11.1 Å². The first-order valence-corrected chi connectivity index (χ1v) is 6.26. The molecule has 0 aliphatic heterocycles. The minimum absolute atomic E-state index is 0.0389. The first-order chi connectivity index (χ1) is 8.67. The zero-order chi connectivity index (χ0) is 13.4. The van der Waals surface area contributed by atoms with E-state index in [0.717, 1.165) is 24.0 Å². The number of nitrogens with one attached hydrogen (secondary N) is 1. The molecule has 0 saturated carbocycles. The molecule has 0 spiro atoms. The summed E-state index contributed by atoms with van der Waals surface area (Å²) in [6.07, 6.45) is 2.07. The second-order valence-corrected chi connectivity index (χ2v) is 4.20. The number of rotatable bonds is 4. The van der Waals surface area contributed by atoms with E-state index in [-0.39, 0.29) is 5.91 Å². The number of unbranched alkanes of at least 4 members (excludes halogenated alkanes) is 1. The molecule has 0 unspecified atom stereocenters. The summed E-state index contributed by atoms with van der Waals surface area (Å²) in [6.45, 7) is 5.09. The summed E-state index contributed by atoms with van der Waals surface area (Å²) in [5.74, 6) is 5.71. The normalized spacial score (nSPS) is 9.50. The summed E-state index contributed by atoms with van der Waals surface area (Å²) in [5.41, 5.74) is 7.86. The third-order valence-electron chi connectivity index (χ3n) is 2.49. The van der Waals surface area contributed by atoms with E-state index >= 15 is 0 Å². The predicted molar refractivity (Wildman–Crippen MR) is 74.4 cm³/mol. The number of benzene rings is 1. The maximum Gasteiger partial charge on any atom is 0.251 e. The zero-order valence-corrected chi connectivity index (χ0v) is 11.0. The van der Waals surface area contributed by atoms with E-state index in [1.54, 1.807) is 6.07 Å². The maximum atomic E-state index is 11.9. The molecule has 18 heavy (non-hydrogen) atoms. The summed E-state index contributed by atoms with van der Waals surface area (Å²) in [6, 6.07) is 5.62. The Hall–Kier alpha value is -1.79. The zero-order valence-electron chi connectivity index (χ0n) is 11.0. The lowest BCUT2D eigenvalue weighted by atomic mass is 10.1. The average Bonchev–Trinajstić information content (AvgIpc) is 2.36. The number of carbonyl (C=O) groups is 1. The van der Waals surface area contributed by atoms with Gasteiger partial charge < -0.3 is 11.1 Å². The Morgan fingerprint density at radius 1 is 1.39 bits per heavy atom. The second-order valence-electron chi connectivity index (χ2n) is 4.20. The summed E-state index contributed by atoms with van der Waals surface area (Å²) in [7, 11) is 0. The fourth-order valence-corrected chi connectivity index (χ4v) is 1.62. The summed E-state index contributed by atoms with van der Waals surface area (Å²) in [5, 5.41) is 2.90. The quantitative estimate of drug-likeness (QED) is 0.627. The molecule has 0 aliphatic carbocycles. The Kier molecular flexibility index (Phi) is 5.96. The summed E-state index contributed by atoms with van der Waals surface area (Å²) < 4.78 is 0. The average molecular weight is 244 g/mol. The van der Waals surface area contributed by atoms with Crippen molar-refractivity contribution in [3.63, 3.8) is 0 Å². The molecule has 1 aromatic carbocycles. The fourth-order valence-electron chi connectivity index (χ4n) is 1.62. The van der Waals surface area contributed by atoms with Crippen LogP contribution in [0.3, 0.4) is 0 Å². The lowest BCUT2D eigenvalue weighted by molar-refractivity contribution is 0.0953. The van der Waals surface area contributed by atoms with Crippen LogP contribution in [0, 0.1) is 18.8 Å². The topological polar surface area (TPSA) is 55.1 Å². The smallest absolute Gasteiger partial charge is 0.251 e. The van der Waals surface area contributed by atoms with Gasteiger partial charge in [0.1, 0.15) is 0 Å². The highest BCUT2D eigenvalue weighted by Gasteiger charge is 2.06. The van der Waals surface area contributed by atoms with E-state index in [1.807, 2.05) is 19.1 Å². The molecule has 1 aromatic rings. The van der Waals surface area contributed by atoms with Crippen LogP contribution >= 0.6 is 0 Å². The van der Waals surface area contributed by atoms with Gasteiger partial charge in [-0.05, 0) is 37.1 Å². The fraction of sp³-hybridized carbons (Fsp3) is 0.400. The Morgan fingerprint density at radius 2 is 2.17 bits per heavy atom. The number of aryl methyl sites for hydroxylation is 1. The molecule has 0 saturated heterocycles. The Balaban J connectivity index is 2.81. The van der Waals surface area contributed by atoms with Gasteiger partial charge in [0, 0.05) is 17.7 Å². The second kappa shape index (κ2) is 7.52. The van der Waals surface area contributed by atoms with E-state index in [0.29, 0.717) is 18.7 Å². The van der Waals surface area contributed by atoms with E-state index in [9.17, 15) is 4.79 Å². The molecule has 3 N–H and O–H groups in total. The van der Waals surface area contributed by atoms with E-state index in [1.165, 1.54) is 0 Å². The van der Waals surface area contributed by atoms with E-state index < -0.39 is 0 Å². The first-order valence-electron chi connectivity index (χ1n) is 6.26. The van der Waals surface area contributed by atoms with Gasteiger partial charge in [-0.1, -0.05) is 25.2 Å². The molecule has 3 heteroatoms. The van der Waals surface area contributed by atoms with Crippen molar-refractivity contribution in [1.82, 2.24) is 5.32 Å². The third-order valence-corrected chi connectivity index (χ3v) is 2.49. The largest absolute Gasteiger partial charge is 0.352 e. The van der Waals surface area contributed by atoms with Gasteiger partial charge in [-0.2, -0.15) is 0 Å². The highest BCUT2D eigenvalue weighted by molar-refractivity contribution is 5.94. The van der Waals surface area contributed by atoms with Gasteiger partial charge in [-0.25, -0.2) is 0 Å². The lowest BCUT2D eigenvalue weighted by Gasteiger charge is -2.06. The van der Waals surface area contributed by atoms with Crippen LogP contribution in [-0.2, 0) is 0 Å². The molecular formula is C15H20N2O. The van der Waals surface area contributed by atoms with Crippen molar-refractivity contribution in [2.24, 2.45) is 5.73 Å². The van der Waals surface area contributed by atoms with Crippen molar-refractivity contribution in [2.75, 3.05) is 13.1 Å². The van der Waals surface area contributed by atoms with Crippen molar-refractivity contribution in [3.05, 3.63) is 34.9 Å². The molecule has 1 amide bonds. The number of hydrogen-bond donors (Lipinski definition) is 2. The van der Waals surface area contributed by atoms with Crippen molar-refractivity contribution in [3.8, 4) is 11.8 Å². The first kappa shape index (κ1) is 14.3. The summed E-state index contributed by atoms with van der Waals surface area (Å²) >= 11 is 0.